The topological polar surface area (TPSA) is 76.5 Å². The van der Waals surface area contributed by atoms with Crippen LogP contribution in [0.5, 0.6) is 0 Å². The molecule has 0 saturated carbocycles. The Morgan fingerprint density at radius 2 is 1.86 bits per heavy atom. The van der Waals surface area contributed by atoms with Gasteiger partial charge in [0.05, 0.1) is 12.6 Å². The zero-order chi connectivity index (χ0) is 19.8. The van der Waals surface area contributed by atoms with Gasteiger partial charge in [0.2, 0.25) is 0 Å². The summed E-state index contributed by atoms with van der Waals surface area (Å²) < 4.78 is 0. The third-order valence-corrected chi connectivity index (χ3v) is 6.79. The normalized spacial score (nSPS) is 25.8. The molecule has 0 aliphatic carbocycles. The lowest BCUT2D eigenvalue weighted by Crippen LogP contribution is -2.63. The number of amides is 3. The molecule has 3 amide bonds. The highest BCUT2D eigenvalue weighted by atomic mass is 32.2. The molecule has 4 rings (SSSR count). The Morgan fingerprint density at radius 3 is 2.46 bits per heavy atom. The van der Waals surface area contributed by atoms with Crippen molar-refractivity contribution in [1.29, 1.82) is 0 Å². The molecule has 1 aromatic carbocycles. The van der Waals surface area contributed by atoms with E-state index < -0.39 is 0 Å². The second kappa shape index (κ2) is 7.75. The highest BCUT2D eigenvalue weighted by Gasteiger charge is 2.47. The van der Waals surface area contributed by atoms with Gasteiger partial charge in [-0.25, -0.2) is 4.79 Å². The molecule has 150 valence electrons. The molecule has 2 atom stereocenters. The summed E-state index contributed by atoms with van der Waals surface area (Å²) in [5.74, 6) is 0.962. The average molecular weight is 403 g/mol. The van der Waals surface area contributed by atoms with Crippen molar-refractivity contribution in [1.82, 2.24) is 14.7 Å². The molecular formula is C20H26N4O3S. The molecule has 1 aromatic rings. The van der Waals surface area contributed by atoms with Crippen LogP contribution in [-0.2, 0) is 6.54 Å². The number of aliphatic imine (C=N–C) groups is 1. The van der Waals surface area contributed by atoms with Crippen LogP contribution in [-0.4, -0.2) is 81.5 Å². The molecule has 0 spiro atoms. The lowest BCUT2D eigenvalue weighted by atomic mass is 9.77. The molecule has 0 radical (unpaired) electrons. The van der Waals surface area contributed by atoms with Crippen LogP contribution in [0.3, 0.4) is 0 Å². The minimum atomic E-state index is -0.269. The summed E-state index contributed by atoms with van der Waals surface area (Å²) in [7, 11) is 3.52. The fourth-order valence-electron chi connectivity index (χ4n) is 4.28. The maximum Gasteiger partial charge on any atom is 0.325 e. The number of nitrogens with zero attached hydrogens (tertiary/aromatic N) is 4. The summed E-state index contributed by atoms with van der Waals surface area (Å²) in [4.78, 5) is 34.8. The monoisotopic (exact) mass is 402 g/mol. The van der Waals surface area contributed by atoms with E-state index in [-0.39, 0.29) is 30.1 Å². The maximum atomic E-state index is 12.8. The van der Waals surface area contributed by atoms with Gasteiger partial charge >= 0.3 is 6.03 Å². The molecule has 3 heterocycles. The van der Waals surface area contributed by atoms with E-state index in [1.54, 1.807) is 35.7 Å². The molecule has 2 saturated heterocycles. The smallest absolute Gasteiger partial charge is 0.325 e. The molecular weight excluding hydrogens is 376 g/mol. The molecule has 2 bridgehead atoms. The van der Waals surface area contributed by atoms with E-state index >= 15 is 0 Å². The number of urea groups is 1. The van der Waals surface area contributed by atoms with E-state index in [2.05, 4.69) is 4.99 Å². The van der Waals surface area contributed by atoms with Crippen molar-refractivity contribution < 1.29 is 14.7 Å². The minimum absolute atomic E-state index is 0.0418. The summed E-state index contributed by atoms with van der Waals surface area (Å²) in [5.41, 5.74) is 1.64. The van der Waals surface area contributed by atoms with E-state index in [0.717, 1.165) is 29.4 Å². The Hall–Kier alpha value is -2.06. The standard InChI is InChI=1S/C20H26N4O3S/c1-22(20(27)23(2)19-21-7-8-28-19)12-13-3-5-14(6-4-13)18(26)24-15-9-16(24)11-17(25)10-15/h3-6,15-17,25H,7-12H2,1-2H3. The number of hydrogen-bond acceptors (Lipinski definition) is 5. The number of amidine groups is 1. The summed E-state index contributed by atoms with van der Waals surface area (Å²) in [6.07, 6.45) is 2.11. The number of aliphatic hydroxyl groups is 1. The van der Waals surface area contributed by atoms with E-state index in [1.165, 1.54) is 0 Å². The number of benzene rings is 1. The van der Waals surface area contributed by atoms with Gasteiger partial charge in [-0.2, -0.15) is 0 Å². The summed E-state index contributed by atoms with van der Waals surface area (Å²) >= 11 is 1.60. The van der Waals surface area contributed by atoms with Gasteiger partial charge in [-0.1, -0.05) is 23.9 Å². The van der Waals surface area contributed by atoms with Gasteiger partial charge in [0.15, 0.2) is 5.17 Å². The van der Waals surface area contributed by atoms with Crippen LogP contribution < -0.4 is 0 Å². The van der Waals surface area contributed by atoms with Gasteiger partial charge < -0.3 is 14.9 Å². The zero-order valence-electron chi connectivity index (χ0n) is 16.2. The van der Waals surface area contributed by atoms with Gasteiger partial charge in [0, 0.05) is 44.0 Å². The van der Waals surface area contributed by atoms with Crippen molar-refractivity contribution in [2.24, 2.45) is 4.99 Å². The average Bonchev–Trinajstić information content (AvgIpc) is 3.21. The molecule has 3 aliphatic rings. The number of aliphatic hydroxyl groups excluding tert-OH is 1. The van der Waals surface area contributed by atoms with Crippen LogP contribution in [0.25, 0.3) is 0 Å². The number of fused-ring (bicyclic) bond motifs is 2. The second-order valence-corrected chi connectivity index (χ2v) is 8.85. The van der Waals surface area contributed by atoms with E-state index in [9.17, 15) is 14.7 Å². The largest absolute Gasteiger partial charge is 0.393 e. The first-order valence-corrected chi connectivity index (χ1v) is 10.7. The Kier molecular flexibility index (Phi) is 5.33. The Labute approximate surface area is 169 Å². The van der Waals surface area contributed by atoms with Gasteiger partial charge in [-0.05, 0) is 37.0 Å². The van der Waals surface area contributed by atoms with Gasteiger partial charge in [-0.3, -0.25) is 14.7 Å². The lowest BCUT2D eigenvalue weighted by molar-refractivity contribution is -0.0596. The SMILES string of the molecule is CN(Cc1ccc(C(=O)N2C3CC(O)CC2C3)cc1)C(=O)N(C)C1=NCCS1. The molecule has 28 heavy (non-hydrogen) atoms. The summed E-state index contributed by atoms with van der Waals surface area (Å²) in [6.45, 7) is 1.23. The van der Waals surface area contributed by atoms with Crippen LogP contribution in [0.4, 0.5) is 4.79 Å². The Balaban J connectivity index is 1.35. The number of hydrogen-bond donors (Lipinski definition) is 1. The predicted molar refractivity (Wildman–Crippen MR) is 109 cm³/mol. The molecule has 0 aromatic heterocycles. The van der Waals surface area contributed by atoms with Crippen LogP contribution in [0.15, 0.2) is 29.3 Å². The van der Waals surface area contributed by atoms with Gasteiger partial charge in [0.25, 0.3) is 5.91 Å². The minimum Gasteiger partial charge on any atom is -0.393 e. The first-order chi connectivity index (χ1) is 13.4. The fraction of sp³-hybridized carbons (Fsp3) is 0.550. The Bertz CT molecular complexity index is 785. The van der Waals surface area contributed by atoms with Gasteiger partial charge in [0.1, 0.15) is 0 Å². The number of carbonyl (C=O) groups is 2. The third kappa shape index (κ3) is 3.63. The first kappa shape index (κ1) is 19.3. The van der Waals surface area contributed by atoms with Crippen molar-refractivity contribution in [3.05, 3.63) is 35.4 Å². The molecule has 8 heteroatoms. The van der Waals surface area contributed by atoms with Crippen LogP contribution in [0.2, 0.25) is 0 Å². The number of rotatable bonds is 3. The number of thioether (sulfide) groups is 1. The van der Waals surface area contributed by atoms with Crippen molar-refractivity contribution in [3.8, 4) is 0 Å². The predicted octanol–water partition coefficient (Wildman–Crippen LogP) is 2.01. The van der Waals surface area contributed by atoms with Crippen molar-refractivity contribution >= 4 is 28.9 Å². The summed E-state index contributed by atoms with van der Waals surface area (Å²) in [5, 5.41) is 10.5. The summed E-state index contributed by atoms with van der Waals surface area (Å²) in [6, 6.07) is 7.74. The van der Waals surface area contributed by atoms with Gasteiger partial charge in [-0.15, -0.1) is 0 Å². The quantitative estimate of drug-likeness (QED) is 0.839. The number of carbonyl (C=O) groups excluding carboxylic acids is 2. The molecule has 1 N–H and O–H groups in total. The highest BCUT2D eigenvalue weighted by molar-refractivity contribution is 8.14. The second-order valence-electron chi connectivity index (χ2n) is 7.79. The van der Waals surface area contributed by atoms with Crippen LogP contribution in [0.1, 0.15) is 35.2 Å². The fourth-order valence-corrected chi connectivity index (χ4v) is 5.10. The van der Waals surface area contributed by atoms with E-state index in [4.69, 9.17) is 0 Å². The first-order valence-electron chi connectivity index (χ1n) is 9.69. The van der Waals surface area contributed by atoms with Crippen molar-refractivity contribution in [3.63, 3.8) is 0 Å². The molecule has 2 fully saturated rings. The van der Waals surface area contributed by atoms with Crippen molar-refractivity contribution in [2.45, 2.75) is 44.0 Å². The lowest BCUT2D eigenvalue weighted by Gasteiger charge is -2.54. The van der Waals surface area contributed by atoms with Crippen molar-refractivity contribution in [2.75, 3.05) is 26.4 Å². The maximum absolute atomic E-state index is 12.8. The Morgan fingerprint density at radius 1 is 1.18 bits per heavy atom. The third-order valence-electron chi connectivity index (χ3n) is 5.74. The molecule has 7 nitrogen and oxygen atoms in total. The van der Waals surface area contributed by atoms with E-state index in [1.807, 2.05) is 29.2 Å². The van der Waals surface area contributed by atoms with E-state index in [0.29, 0.717) is 24.9 Å². The zero-order valence-corrected chi connectivity index (χ0v) is 17.1. The van der Waals surface area contributed by atoms with Crippen LogP contribution in [0, 0.1) is 0 Å². The molecule has 2 unspecified atom stereocenters. The molecule has 3 aliphatic heterocycles. The van der Waals surface area contributed by atoms with Crippen LogP contribution >= 0.6 is 11.8 Å². The highest BCUT2D eigenvalue weighted by Crippen LogP contribution is 2.39. The number of piperidine rings is 1.